The Hall–Kier alpha value is -5.80. The van der Waals surface area contributed by atoms with Gasteiger partial charge in [0.2, 0.25) is 0 Å². The molecule has 3 nitrogen and oxygen atoms in total. The van der Waals surface area contributed by atoms with E-state index in [9.17, 15) is 0 Å². The Labute approximate surface area is 307 Å². The van der Waals surface area contributed by atoms with E-state index in [1.165, 1.54) is 81.0 Å². The van der Waals surface area contributed by atoms with Crippen molar-refractivity contribution in [2.45, 2.75) is 59.3 Å². The van der Waals surface area contributed by atoms with Crippen LogP contribution in [0.15, 0.2) is 140 Å². The van der Waals surface area contributed by atoms with Crippen molar-refractivity contribution in [3.8, 4) is 33.6 Å². The van der Waals surface area contributed by atoms with E-state index in [0.717, 1.165) is 46.4 Å². The molecular weight excluding hydrogens is 631 g/mol. The van der Waals surface area contributed by atoms with E-state index in [1.54, 1.807) is 0 Å². The number of fused-ring (bicyclic) bond motifs is 4. The molecule has 0 aliphatic heterocycles. The summed E-state index contributed by atoms with van der Waals surface area (Å²) in [5.74, 6) is 0.747. The fraction of sp³-hybridized carbons (Fsp3) is 0.184. The molecule has 6 aromatic carbocycles. The Bertz CT molecular complexity index is 2540. The predicted octanol–water partition coefficient (Wildman–Crippen LogP) is 13.4. The Balaban J connectivity index is 1.19. The van der Waals surface area contributed by atoms with Gasteiger partial charge in [-0.15, -0.1) is 0 Å². The van der Waals surface area contributed by atoms with Gasteiger partial charge in [0.25, 0.3) is 0 Å². The monoisotopic (exact) mass is 677 g/mol. The third-order valence-corrected chi connectivity index (χ3v) is 10.6. The largest absolute Gasteiger partial charge is 0.384 e. The van der Waals surface area contributed by atoms with Crippen LogP contribution in [0.25, 0.3) is 72.4 Å². The third kappa shape index (κ3) is 6.11. The molecule has 2 aromatic heterocycles. The number of para-hydroxylation sites is 1. The van der Waals surface area contributed by atoms with Gasteiger partial charge in [-0.25, -0.2) is 0 Å². The molecule has 3 heteroatoms. The summed E-state index contributed by atoms with van der Waals surface area (Å²) in [4.78, 5) is 0. The maximum absolute atomic E-state index is 7.01. The number of rotatable bonds is 11. The first kappa shape index (κ1) is 33.3. The summed E-state index contributed by atoms with van der Waals surface area (Å²) in [6.45, 7) is 6.55. The minimum atomic E-state index is 0.747. The van der Waals surface area contributed by atoms with E-state index in [4.69, 9.17) is 5.73 Å². The van der Waals surface area contributed by atoms with Crippen LogP contribution in [0.3, 0.4) is 0 Å². The standard InChI is InChI=1S/C49H47N3/c1-4-7-13-34-19-23-36(24-20-34)38-25-30-48-45(32-38)43(12-6-3)49(50)52(48)41-16-11-15-37(31-41)39-26-29-47-44(33-39)42-17-9-10-18-46(42)51(47)40-27-21-35(22-28-40)14-8-5-2/h6,9-12,15-33H,4-5,7-8,13-14,50H2,1-3H3/b12-6-. The first-order chi connectivity index (χ1) is 25.6. The lowest BCUT2D eigenvalue weighted by molar-refractivity contribution is 0.795. The number of nitrogen functional groups attached to an aromatic ring is 1. The van der Waals surface area contributed by atoms with Crippen LogP contribution in [0, 0.1) is 0 Å². The minimum absolute atomic E-state index is 0.747. The molecule has 258 valence electrons. The lowest BCUT2D eigenvalue weighted by Crippen LogP contribution is -2.00. The summed E-state index contributed by atoms with van der Waals surface area (Å²) in [5.41, 5.74) is 21.4. The summed E-state index contributed by atoms with van der Waals surface area (Å²) in [6.07, 6.45) is 11.3. The van der Waals surface area contributed by atoms with Gasteiger partial charge in [-0.05, 0) is 121 Å². The van der Waals surface area contributed by atoms with Crippen LogP contribution in [0.4, 0.5) is 5.82 Å². The summed E-state index contributed by atoms with van der Waals surface area (Å²) in [6, 6.07) is 49.4. The summed E-state index contributed by atoms with van der Waals surface area (Å²) < 4.78 is 4.61. The highest BCUT2D eigenvalue weighted by Crippen LogP contribution is 2.38. The predicted molar refractivity (Wildman–Crippen MR) is 225 cm³/mol. The normalized spacial score (nSPS) is 11.8. The SMILES string of the molecule is C/C=C\c1c(N)n(-c2cccc(-c3ccc4c(c3)c3ccccc3n4-c3ccc(CCCC)cc3)c2)c2ccc(-c3ccc(CCCC)cc3)cc12. The number of benzene rings is 6. The molecule has 52 heavy (non-hydrogen) atoms. The molecule has 0 unspecified atom stereocenters. The highest BCUT2D eigenvalue weighted by Gasteiger charge is 2.17. The van der Waals surface area contributed by atoms with Crippen LogP contribution in [0.1, 0.15) is 63.1 Å². The summed E-state index contributed by atoms with van der Waals surface area (Å²) in [5, 5.41) is 3.66. The quantitative estimate of drug-likeness (QED) is 0.145. The fourth-order valence-electron chi connectivity index (χ4n) is 7.83. The minimum Gasteiger partial charge on any atom is -0.384 e. The number of allylic oxidation sites excluding steroid dienone is 1. The van der Waals surface area contributed by atoms with E-state index < -0.39 is 0 Å². The molecule has 2 heterocycles. The Kier molecular flexibility index (Phi) is 9.26. The molecule has 0 aliphatic carbocycles. The summed E-state index contributed by atoms with van der Waals surface area (Å²) >= 11 is 0. The van der Waals surface area contributed by atoms with Gasteiger partial charge in [0, 0.05) is 33.1 Å². The molecular formula is C49H47N3. The number of hydrogen-bond acceptors (Lipinski definition) is 1. The zero-order valence-electron chi connectivity index (χ0n) is 30.6. The molecule has 0 bridgehead atoms. The van der Waals surface area contributed by atoms with Crippen LogP contribution >= 0.6 is 0 Å². The van der Waals surface area contributed by atoms with Gasteiger partial charge >= 0.3 is 0 Å². The Morgan fingerprint density at radius 2 is 1.08 bits per heavy atom. The van der Waals surface area contributed by atoms with E-state index in [2.05, 4.69) is 176 Å². The van der Waals surface area contributed by atoms with Crippen molar-refractivity contribution in [1.29, 1.82) is 0 Å². The van der Waals surface area contributed by atoms with Gasteiger partial charge in [-0.1, -0.05) is 118 Å². The molecule has 0 atom stereocenters. The molecule has 0 fully saturated rings. The Morgan fingerprint density at radius 3 is 1.77 bits per heavy atom. The molecule has 0 aliphatic rings. The van der Waals surface area contributed by atoms with Gasteiger partial charge in [0.15, 0.2) is 0 Å². The highest BCUT2D eigenvalue weighted by molar-refractivity contribution is 6.10. The first-order valence-electron chi connectivity index (χ1n) is 19.0. The summed E-state index contributed by atoms with van der Waals surface area (Å²) in [7, 11) is 0. The number of nitrogens with zero attached hydrogens (tertiary/aromatic N) is 2. The van der Waals surface area contributed by atoms with Crippen molar-refractivity contribution in [3.63, 3.8) is 0 Å². The van der Waals surface area contributed by atoms with Gasteiger partial charge in [0.1, 0.15) is 5.82 Å². The zero-order valence-corrected chi connectivity index (χ0v) is 30.6. The average Bonchev–Trinajstić information content (AvgIpc) is 3.67. The number of aryl methyl sites for hydroxylation is 2. The van der Waals surface area contributed by atoms with Crippen LogP contribution in [-0.2, 0) is 12.8 Å². The van der Waals surface area contributed by atoms with E-state index in [1.807, 2.05) is 0 Å². The number of aromatic nitrogens is 2. The van der Waals surface area contributed by atoms with Crippen molar-refractivity contribution in [1.82, 2.24) is 9.13 Å². The molecule has 2 N–H and O–H groups in total. The number of unbranched alkanes of at least 4 members (excludes halogenated alkanes) is 2. The lowest BCUT2D eigenvalue weighted by Gasteiger charge is -2.12. The Morgan fingerprint density at radius 1 is 0.500 bits per heavy atom. The number of anilines is 1. The highest BCUT2D eigenvalue weighted by atomic mass is 15.1. The van der Waals surface area contributed by atoms with Crippen molar-refractivity contribution in [2.24, 2.45) is 0 Å². The second-order valence-corrected chi connectivity index (χ2v) is 14.1. The van der Waals surface area contributed by atoms with Gasteiger partial charge < -0.3 is 10.3 Å². The molecule has 0 spiro atoms. The maximum atomic E-state index is 7.01. The molecule has 0 saturated carbocycles. The van der Waals surface area contributed by atoms with Gasteiger partial charge in [-0.3, -0.25) is 4.57 Å². The van der Waals surface area contributed by atoms with Crippen LogP contribution in [-0.4, -0.2) is 9.13 Å². The smallest absolute Gasteiger partial charge is 0.116 e. The van der Waals surface area contributed by atoms with E-state index in [0.29, 0.717) is 0 Å². The van der Waals surface area contributed by atoms with Crippen molar-refractivity contribution < 1.29 is 0 Å². The van der Waals surface area contributed by atoms with Crippen LogP contribution < -0.4 is 5.73 Å². The van der Waals surface area contributed by atoms with Gasteiger partial charge in [0.05, 0.1) is 16.6 Å². The number of nitrogens with two attached hydrogens (primary N) is 1. The van der Waals surface area contributed by atoms with Crippen LogP contribution in [0.2, 0.25) is 0 Å². The topological polar surface area (TPSA) is 35.9 Å². The average molecular weight is 678 g/mol. The number of hydrogen-bond donors (Lipinski definition) is 1. The van der Waals surface area contributed by atoms with E-state index >= 15 is 0 Å². The van der Waals surface area contributed by atoms with Gasteiger partial charge in [-0.2, -0.15) is 0 Å². The maximum Gasteiger partial charge on any atom is 0.116 e. The molecule has 0 radical (unpaired) electrons. The van der Waals surface area contributed by atoms with Crippen molar-refractivity contribution >= 4 is 44.6 Å². The molecule has 8 rings (SSSR count). The van der Waals surface area contributed by atoms with Crippen molar-refractivity contribution in [3.05, 3.63) is 156 Å². The lowest BCUT2D eigenvalue weighted by atomic mass is 9.99. The molecule has 8 aromatic rings. The second-order valence-electron chi connectivity index (χ2n) is 14.1. The first-order valence-corrected chi connectivity index (χ1v) is 19.0. The second kappa shape index (κ2) is 14.4. The zero-order chi connectivity index (χ0) is 35.6. The third-order valence-electron chi connectivity index (χ3n) is 10.6. The molecule has 0 saturated heterocycles. The molecule has 0 amide bonds. The van der Waals surface area contributed by atoms with Crippen LogP contribution in [0.5, 0.6) is 0 Å². The van der Waals surface area contributed by atoms with E-state index in [-0.39, 0.29) is 0 Å². The van der Waals surface area contributed by atoms with Crippen molar-refractivity contribution in [2.75, 3.05) is 5.73 Å². The fourth-order valence-corrected chi connectivity index (χ4v) is 7.83.